The Balaban J connectivity index is 2.87. The molecule has 7 heteroatoms. The highest BCUT2D eigenvalue weighted by atomic mass is 79.9. The van der Waals surface area contributed by atoms with Crippen LogP contribution in [0.3, 0.4) is 0 Å². The molecule has 0 aromatic carbocycles. The number of aromatic nitrogens is 4. The average Bonchev–Trinajstić information content (AvgIpc) is 2.48. The normalized spacial score (nSPS) is 10.9. The van der Waals surface area contributed by atoms with E-state index < -0.39 is 0 Å². The van der Waals surface area contributed by atoms with E-state index in [4.69, 9.17) is 0 Å². The highest BCUT2D eigenvalue weighted by molar-refractivity contribution is 9.10. The molecule has 0 saturated carbocycles. The van der Waals surface area contributed by atoms with Gasteiger partial charge in [0.1, 0.15) is 4.60 Å². The Bertz CT molecular complexity index is 505. The van der Waals surface area contributed by atoms with Gasteiger partial charge in [-0.25, -0.2) is 14.2 Å². The van der Waals surface area contributed by atoms with Crippen molar-refractivity contribution in [3.63, 3.8) is 0 Å². The van der Waals surface area contributed by atoms with Crippen LogP contribution in [-0.4, -0.2) is 25.6 Å². The first-order chi connectivity index (χ1) is 6.22. The van der Waals surface area contributed by atoms with E-state index in [1.54, 1.807) is 6.20 Å². The van der Waals surface area contributed by atoms with Crippen molar-refractivity contribution in [2.45, 2.75) is 5.16 Å². The zero-order valence-electron chi connectivity index (χ0n) is 6.61. The molecule has 0 aliphatic rings. The molecule has 2 heterocycles. The van der Waals surface area contributed by atoms with Gasteiger partial charge in [-0.15, -0.1) is 0 Å². The lowest BCUT2D eigenvalue weighted by Crippen LogP contribution is -2.18. The Morgan fingerprint density at radius 3 is 3.15 bits per heavy atom. The second kappa shape index (κ2) is 3.15. The highest BCUT2D eigenvalue weighted by Gasteiger charge is 2.06. The number of H-pyrrole nitrogens is 1. The summed E-state index contributed by atoms with van der Waals surface area (Å²) in [6, 6.07) is 0. The van der Waals surface area contributed by atoms with Crippen LogP contribution in [0.15, 0.2) is 20.8 Å². The number of imidazole rings is 1. The summed E-state index contributed by atoms with van der Waals surface area (Å²) in [6.07, 6.45) is 3.38. The van der Waals surface area contributed by atoms with Crippen molar-refractivity contribution in [2.24, 2.45) is 0 Å². The van der Waals surface area contributed by atoms with Crippen molar-refractivity contribution in [1.29, 1.82) is 0 Å². The molecule has 0 radical (unpaired) electrons. The molecule has 2 aromatic rings. The summed E-state index contributed by atoms with van der Waals surface area (Å²) < 4.78 is 1.96. The van der Waals surface area contributed by atoms with E-state index in [0.717, 1.165) is 0 Å². The molecule has 68 valence electrons. The predicted octanol–water partition coefficient (Wildman–Crippen LogP) is 0.902. The Morgan fingerprint density at radius 2 is 2.46 bits per heavy atom. The summed E-state index contributed by atoms with van der Waals surface area (Å²) in [5, 5.41) is 0.565. The molecule has 2 aromatic heterocycles. The molecule has 0 fully saturated rings. The number of hydrogen-bond donors (Lipinski definition) is 1. The SMILES string of the molecule is CSc1nc2ncc(Br)n2c(=O)[nH]1. The van der Waals surface area contributed by atoms with Crippen LogP contribution in [0.2, 0.25) is 0 Å². The predicted molar refractivity (Wildman–Crippen MR) is 53.1 cm³/mol. The van der Waals surface area contributed by atoms with Gasteiger partial charge < -0.3 is 0 Å². The van der Waals surface area contributed by atoms with E-state index in [0.29, 0.717) is 15.5 Å². The van der Waals surface area contributed by atoms with Gasteiger partial charge in [0.25, 0.3) is 0 Å². The zero-order chi connectivity index (χ0) is 9.42. The van der Waals surface area contributed by atoms with Crippen molar-refractivity contribution in [3.8, 4) is 0 Å². The Kier molecular flexibility index (Phi) is 2.12. The molecule has 0 amide bonds. The molecule has 0 aliphatic heterocycles. The number of thioether (sulfide) groups is 1. The zero-order valence-corrected chi connectivity index (χ0v) is 9.02. The molecular formula is C6H5BrN4OS. The smallest absolute Gasteiger partial charge is 0.286 e. The maximum Gasteiger partial charge on any atom is 0.335 e. The fourth-order valence-electron chi connectivity index (χ4n) is 0.952. The molecule has 13 heavy (non-hydrogen) atoms. The minimum Gasteiger partial charge on any atom is -0.286 e. The third-order valence-corrected chi connectivity index (χ3v) is 2.65. The lowest BCUT2D eigenvalue weighted by molar-refractivity contribution is 0.841. The fraction of sp³-hybridized carbons (Fsp3) is 0.167. The van der Waals surface area contributed by atoms with Crippen LogP contribution >= 0.6 is 27.7 Å². The van der Waals surface area contributed by atoms with E-state index in [2.05, 4.69) is 30.9 Å². The molecule has 2 rings (SSSR count). The van der Waals surface area contributed by atoms with Gasteiger partial charge in [0, 0.05) is 0 Å². The second-order valence-corrected chi connectivity index (χ2v) is 3.87. The lowest BCUT2D eigenvalue weighted by atomic mass is 10.9. The molecular weight excluding hydrogens is 256 g/mol. The third-order valence-electron chi connectivity index (χ3n) is 1.51. The molecule has 0 atom stereocenters. The maximum absolute atomic E-state index is 11.4. The monoisotopic (exact) mass is 260 g/mol. The third kappa shape index (κ3) is 1.37. The number of nitrogens with zero attached hydrogens (tertiary/aromatic N) is 3. The van der Waals surface area contributed by atoms with Crippen LogP contribution in [0.1, 0.15) is 0 Å². The van der Waals surface area contributed by atoms with Crippen LogP contribution in [0.4, 0.5) is 0 Å². The topological polar surface area (TPSA) is 63.1 Å². The standard InChI is InChI=1S/C6H5BrN4OS/c1-13-5-9-4-8-2-3(7)11(4)6(12)10-5/h2H,1H3,(H,8,9,10,12). The quantitative estimate of drug-likeness (QED) is 0.775. The Morgan fingerprint density at radius 1 is 1.69 bits per heavy atom. The first kappa shape index (κ1) is 8.76. The molecule has 0 spiro atoms. The minimum absolute atomic E-state index is 0.237. The highest BCUT2D eigenvalue weighted by Crippen LogP contribution is 2.10. The molecule has 0 aliphatic carbocycles. The summed E-state index contributed by atoms with van der Waals surface area (Å²) in [5.41, 5.74) is -0.237. The number of nitrogens with one attached hydrogen (secondary N) is 1. The van der Waals surface area contributed by atoms with Crippen LogP contribution in [0, 0.1) is 0 Å². The minimum atomic E-state index is -0.237. The van der Waals surface area contributed by atoms with Crippen LogP contribution in [0.5, 0.6) is 0 Å². The van der Waals surface area contributed by atoms with Crippen molar-refractivity contribution in [2.75, 3.05) is 6.26 Å². The van der Waals surface area contributed by atoms with E-state index in [1.165, 1.54) is 16.2 Å². The van der Waals surface area contributed by atoms with Crippen molar-refractivity contribution in [1.82, 2.24) is 19.4 Å². The van der Waals surface area contributed by atoms with Gasteiger partial charge >= 0.3 is 5.69 Å². The second-order valence-electron chi connectivity index (χ2n) is 2.27. The largest absolute Gasteiger partial charge is 0.335 e. The van der Waals surface area contributed by atoms with E-state index >= 15 is 0 Å². The number of halogens is 1. The van der Waals surface area contributed by atoms with Crippen LogP contribution in [-0.2, 0) is 0 Å². The summed E-state index contributed by atoms with van der Waals surface area (Å²) >= 11 is 4.57. The maximum atomic E-state index is 11.4. The van der Waals surface area contributed by atoms with Crippen LogP contribution in [0.25, 0.3) is 5.78 Å². The number of rotatable bonds is 1. The van der Waals surface area contributed by atoms with E-state index in [1.807, 2.05) is 6.26 Å². The lowest BCUT2D eigenvalue weighted by Gasteiger charge is -1.96. The van der Waals surface area contributed by atoms with Crippen LogP contribution < -0.4 is 5.69 Å². The molecule has 0 unspecified atom stereocenters. The Labute approximate surface area is 85.7 Å². The Hall–Kier alpha value is -0.820. The summed E-state index contributed by atoms with van der Waals surface area (Å²) in [6.45, 7) is 0. The summed E-state index contributed by atoms with van der Waals surface area (Å²) in [4.78, 5) is 22.1. The van der Waals surface area contributed by atoms with Gasteiger partial charge in [-0.2, -0.15) is 4.98 Å². The van der Waals surface area contributed by atoms with Gasteiger partial charge in [0.2, 0.25) is 5.78 Å². The number of fused-ring (bicyclic) bond motifs is 1. The average molecular weight is 261 g/mol. The molecule has 0 saturated heterocycles. The fourth-order valence-corrected chi connectivity index (χ4v) is 1.74. The molecule has 0 bridgehead atoms. The summed E-state index contributed by atoms with van der Waals surface area (Å²) in [7, 11) is 0. The van der Waals surface area contributed by atoms with Gasteiger partial charge in [0.15, 0.2) is 5.16 Å². The summed E-state index contributed by atoms with van der Waals surface area (Å²) in [5.74, 6) is 0.403. The van der Waals surface area contributed by atoms with E-state index in [9.17, 15) is 4.79 Å². The number of hydrogen-bond acceptors (Lipinski definition) is 4. The van der Waals surface area contributed by atoms with Crippen molar-refractivity contribution < 1.29 is 0 Å². The molecule has 5 nitrogen and oxygen atoms in total. The van der Waals surface area contributed by atoms with Gasteiger partial charge in [-0.1, -0.05) is 11.8 Å². The first-order valence-electron chi connectivity index (χ1n) is 3.39. The number of aromatic amines is 1. The molecule has 1 N–H and O–H groups in total. The van der Waals surface area contributed by atoms with Crippen molar-refractivity contribution >= 4 is 33.5 Å². The first-order valence-corrected chi connectivity index (χ1v) is 5.41. The van der Waals surface area contributed by atoms with Gasteiger partial charge in [-0.3, -0.25) is 4.98 Å². The van der Waals surface area contributed by atoms with E-state index in [-0.39, 0.29) is 5.69 Å². The van der Waals surface area contributed by atoms with Gasteiger partial charge in [-0.05, 0) is 22.2 Å². The van der Waals surface area contributed by atoms with Gasteiger partial charge in [0.05, 0.1) is 6.20 Å². The van der Waals surface area contributed by atoms with Crippen molar-refractivity contribution in [3.05, 3.63) is 21.3 Å².